The molecule has 1 aromatic rings. The van der Waals surface area contributed by atoms with Crippen molar-refractivity contribution in [2.45, 2.75) is 18.1 Å². The van der Waals surface area contributed by atoms with Gasteiger partial charge in [0.15, 0.2) is 9.84 Å². The summed E-state index contributed by atoms with van der Waals surface area (Å²) in [5.41, 5.74) is 1.02. The number of hydrogen-bond acceptors (Lipinski definition) is 3. The van der Waals surface area contributed by atoms with Crippen molar-refractivity contribution >= 4 is 9.84 Å². The molecular weight excluding hydrogens is 224 g/mol. The van der Waals surface area contributed by atoms with Gasteiger partial charge in [0, 0.05) is 24.2 Å². The topological polar surface area (TPSA) is 54.4 Å². The molecule has 0 aromatic heterocycles. The van der Waals surface area contributed by atoms with Crippen LogP contribution in [0.4, 0.5) is 0 Å². The fourth-order valence-corrected chi connectivity index (χ4v) is 4.24. The van der Waals surface area contributed by atoms with Gasteiger partial charge in [0.25, 0.3) is 0 Å². The second-order valence-corrected chi connectivity index (χ2v) is 6.65. The van der Waals surface area contributed by atoms with Crippen molar-refractivity contribution in [1.82, 2.24) is 0 Å². The lowest BCUT2D eigenvalue weighted by atomic mass is 10.1. The summed E-state index contributed by atoms with van der Waals surface area (Å²) in [6.07, 6.45) is 0. The van der Waals surface area contributed by atoms with E-state index in [1.54, 1.807) is 6.92 Å². The first-order valence-corrected chi connectivity index (χ1v) is 7.20. The molecule has 0 aliphatic heterocycles. The molecule has 0 radical (unpaired) electrons. The van der Waals surface area contributed by atoms with Crippen molar-refractivity contribution in [3.8, 4) is 0 Å². The Hall–Kier alpha value is -0.870. The van der Waals surface area contributed by atoms with Gasteiger partial charge in [-0.3, -0.25) is 0 Å². The van der Waals surface area contributed by atoms with Crippen molar-refractivity contribution in [3.63, 3.8) is 0 Å². The maximum absolute atomic E-state index is 11.8. The van der Waals surface area contributed by atoms with Crippen LogP contribution in [0.15, 0.2) is 30.3 Å². The number of hydrogen-bond donors (Lipinski definition) is 1. The van der Waals surface area contributed by atoms with Crippen LogP contribution in [0.2, 0.25) is 0 Å². The van der Waals surface area contributed by atoms with Gasteiger partial charge in [-0.25, -0.2) is 8.42 Å². The van der Waals surface area contributed by atoms with Crippen LogP contribution >= 0.6 is 0 Å². The fourth-order valence-electron chi connectivity index (χ4n) is 2.35. The molecule has 1 aromatic carbocycles. The van der Waals surface area contributed by atoms with E-state index < -0.39 is 9.84 Å². The molecule has 0 heterocycles. The van der Waals surface area contributed by atoms with Crippen LogP contribution in [0, 0.1) is 5.92 Å². The van der Waals surface area contributed by atoms with Crippen LogP contribution < -0.4 is 0 Å². The molecule has 16 heavy (non-hydrogen) atoms. The Morgan fingerprint density at radius 2 is 1.88 bits per heavy atom. The monoisotopic (exact) mass is 240 g/mol. The Morgan fingerprint density at radius 3 is 2.38 bits per heavy atom. The summed E-state index contributed by atoms with van der Waals surface area (Å²) in [6.45, 7) is 1.60. The van der Waals surface area contributed by atoms with Gasteiger partial charge in [-0.15, -0.1) is 0 Å². The van der Waals surface area contributed by atoms with E-state index in [0.717, 1.165) is 5.56 Å². The second-order valence-electron chi connectivity index (χ2n) is 4.20. The van der Waals surface area contributed by atoms with E-state index in [1.165, 1.54) is 0 Å². The summed E-state index contributed by atoms with van der Waals surface area (Å²) in [7, 11) is -3.04. The highest BCUT2D eigenvalue weighted by Crippen LogP contribution is 2.52. The summed E-state index contributed by atoms with van der Waals surface area (Å²) < 4.78 is 23.6. The third kappa shape index (κ3) is 1.87. The minimum Gasteiger partial charge on any atom is -0.396 e. The van der Waals surface area contributed by atoms with E-state index in [0.29, 0.717) is 0 Å². The molecule has 1 N–H and O–H groups in total. The molecule has 4 heteroatoms. The Bertz CT molecular complexity index is 452. The molecular formula is C12H16O3S. The van der Waals surface area contributed by atoms with E-state index in [1.807, 2.05) is 30.3 Å². The molecule has 3 atom stereocenters. The van der Waals surface area contributed by atoms with Crippen LogP contribution in [-0.2, 0) is 9.84 Å². The Balaban J connectivity index is 2.26. The molecule has 1 aliphatic rings. The first kappa shape index (κ1) is 11.6. The minimum atomic E-state index is -3.04. The third-order valence-corrected chi connectivity index (χ3v) is 5.59. The van der Waals surface area contributed by atoms with E-state index in [2.05, 4.69) is 0 Å². The smallest absolute Gasteiger partial charge is 0.153 e. The van der Waals surface area contributed by atoms with E-state index >= 15 is 0 Å². The molecule has 2 rings (SSSR count). The SMILES string of the molecule is CCS(=O)(=O)[C@@H]1[C@@H](CO)[C@H]1c1ccccc1. The maximum atomic E-state index is 11.8. The molecule has 88 valence electrons. The van der Waals surface area contributed by atoms with Crippen molar-refractivity contribution < 1.29 is 13.5 Å². The molecule has 1 fully saturated rings. The van der Waals surface area contributed by atoms with Crippen molar-refractivity contribution in [3.05, 3.63) is 35.9 Å². The molecule has 1 aliphatic carbocycles. The first-order chi connectivity index (χ1) is 7.61. The summed E-state index contributed by atoms with van der Waals surface area (Å²) in [6, 6.07) is 9.57. The number of aliphatic hydroxyl groups is 1. The fraction of sp³-hybridized carbons (Fsp3) is 0.500. The lowest BCUT2D eigenvalue weighted by molar-refractivity contribution is 0.274. The van der Waals surface area contributed by atoms with E-state index in [9.17, 15) is 13.5 Å². The van der Waals surface area contributed by atoms with E-state index in [4.69, 9.17) is 0 Å². The summed E-state index contributed by atoms with van der Waals surface area (Å²) in [5, 5.41) is 8.82. The lowest BCUT2D eigenvalue weighted by Gasteiger charge is -1.99. The summed E-state index contributed by atoms with van der Waals surface area (Å²) in [5.74, 6) is 0.0146. The highest BCUT2D eigenvalue weighted by Gasteiger charge is 2.57. The predicted octanol–water partition coefficient (Wildman–Crippen LogP) is 1.20. The number of sulfone groups is 1. The van der Waals surface area contributed by atoms with Gasteiger partial charge in [0.2, 0.25) is 0 Å². The quantitative estimate of drug-likeness (QED) is 0.860. The average molecular weight is 240 g/mol. The van der Waals surface area contributed by atoms with Crippen LogP contribution in [0.25, 0.3) is 0 Å². The molecule has 1 saturated carbocycles. The first-order valence-electron chi connectivity index (χ1n) is 5.49. The molecule has 0 unspecified atom stereocenters. The highest BCUT2D eigenvalue weighted by molar-refractivity contribution is 7.92. The van der Waals surface area contributed by atoms with Crippen LogP contribution in [0.5, 0.6) is 0 Å². The Morgan fingerprint density at radius 1 is 1.25 bits per heavy atom. The highest BCUT2D eigenvalue weighted by atomic mass is 32.2. The number of benzene rings is 1. The summed E-state index contributed by atoms with van der Waals surface area (Å²) in [4.78, 5) is 0. The summed E-state index contributed by atoms with van der Waals surface area (Å²) >= 11 is 0. The number of aliphatic hydroxyl groups excluding tert-OH is 1. The van der Waals surface area contributed by atoms with Gasteiger partial charge in [-0.2, -0.15) is 0 Å². The van der Waals surface area contributed by atoms with Crippen LogP contribution in [0.1, 0.15) is 18.4 Å². The van der Waals surface area contributed by atoms with Gasteiger partial charge in [0.05, 0.1) is 5.25 Å². The van der Waals surface area contributed by atoms with Crippen molar-refractivity contribution in [2.75, 3.05) is 12.4 Å². The van der Waals surface area contributed by atoms with Crippen LogP contribution in [-0.4, -0.2) is 31.1 Å². The van der Waals surface area contributed by atoms with Gasteiger partial charge in [0.1, 0.15) is 0 Å². The van der Waals surface area contributed by atoms with Crippen LogP contribution in [0.3, 0.4) is 0 Å². The Labute approximate surface area is 96.0 Å². The van der Waals surface area contributed by atoms with E-state index in [-0.39, 0.29) is 29.4 Å². The zero-order valence-electron chi connectivity index (χ0n) is 9.20. The molecule has 0 bridgehead atoms. The third-order valence-electron chi connectivity index (χ3n) is 3.31. The van der Waals surface area contributed by atoms with Gasteiger partial charge >= 0.3 is 0 Å². The van der Waals surface area contributed by atoms with Crippen molar-refractivity contribution in [2.24, 2.45) is 5.92 Å². The standard InChI is InChI=1S/C12H16O3S/c1-2-16(14,15)12-10(8-13)11(12)9-6-4-3-5-7-9/h3-7,10-13H,2,8H2,1H3/t10-,11+,12+/m0/s1. The average Bonchev–Trinajstić information content (AvgIpc) is 3.05. The van der Waals surface area contributed by atoms with Crippen molar-refractivity contribution in [1.29, 1.82) is 0 Å². The van der Waals surface area contributed by atoms with Gasteiger partial charge in [-0.1, -0.05) is 37.3 Å². The Kier molecular flexibility index (Phi) is 3.04. The second kappa shape index (κ2) is 4.18. The van der Waals surface area contributed by atoms with Gasteiger partial charge in [-0.05, 0) is 5.56 Å². The zero-order chi connectivity index (χ0) is 11.8. The largest absolute Gasteiger partial charge is 0.396 e. The molecule has 0 amide bonds. The van der Waals surface area contributed by atoms with Gasteiger partial charge < -0.3 is 5.11 Å². The maximum Gasteiger partial charge on any atom is 0.153 e. The molecule has 0 saturated heterocycles. The lowest BCUT2D eigenvalue weighted by Crippen LogP contribution is -2.13. The molecule has 3 nitrogen and oxygen atoms in total. The normalized spacial score (nSPS) is 29.0. The minimum absolute atomic E-state index is 0.0175. The predicted molar refractivity (Wildman–Crippen MR) is 63.0 cm³/mol. The molecule has 0 spiro atoms. The number of rotatable bonds is 4. The zero-order valence-corrected chi connectivity index (χ0v) is 10.0.